The van der Waals surface area contributed by atoms with Crippen LogP contribution in [0.25, 0.3) is 0 Å². The van der Waals surface area contributed by atoms with Gasteiger partial charge >= 0.3 is 41.0 Å². The number of halogens is 3. The SMILES string of the molecule is NS(=O)(=O)CCn1nnnc1SCC1=C(C(=O)O)N2C(=O)C(NC(=O)CSC(F)(F)F)[C@H]2SC1.[NaH]. The second kappa shape index (κ2) is 12.0. The number of β-lactam (4-membered cyclic amide) rings is 1. The van der Waals surface area contributed by atoms with Crippen LogP contribution in [0.5, 0.6) is 0 Å². The molecule has 1 saturated heterocycles. The van der Waals surface area contributed by atoms with Gasteiger partial charge in [0.1, 0.15) is 17.1 Å². The van der Waals surface area contributed by atoms with E-state index >= 15 is 0 Å². The molecule has 0 aromatic carbocycles. The standard InChI is InChI=1S/C14H16F3N7O6S4.Na.H/c15-14(16,17)33-5-7(25)19-8-10(26)24-9(12(27)28)6(3-31-11(8)24)4-32-13-20-21-22-23(13)1-2-34(18,29)30;;/h8,11H,1-5H2,(H,19,25)(H,27,28)(H2,18,29,30);;/t8?,11-;;/m1../s1. The van der Waals surface area contributed by atoms with Gasteiger partial charge in [-0.15, -0.1) is 16.9 Å². The van der Waals surface area contributed by atoms with E-state index in [1.165, 1.54) is 4.68 Å². The molecule has 0 radical (unpaired) electrons. The normalized spacial score (nSPS) is 20.1. The van der Waals surface area contributed by atoms with Crippen LogP contribution in [0, 0.1) is 0 Å². The number of fused-ring (bicyclic) bond motifs is 1. The number of rotatable bonds is 10. The van der Waals surface area contributed by atoms with Crippen LogP contribution >= 0.6 is 35.3 Å². The summed E-state index contributed by atoms with van der Waals surface area (Å²) in [4.78, 5) is 37.1. The summed E-state index contributed by atoms with van der Waals surface area (Å²) < 4.78 is 60.2. The number of aliphatic carboxylic acids is 1. The molecular formula is C14H17F3N7NaO6S4. The summed E-state index contributed by atoms with van der Waals surface area (Å²) in [5.41, 5.74) is -4.54. The number of alkyl halides is 3. The fourth-order valence-corrected chi connectivity index (χ4v) is 6.16. The number of nitrogens with zero attached hydrogens (tertiary/aromatic N) is 5. The molecule has 1 fully saturated rings. The van der Waals surface area contributed by atoms with Crippen LogP contribution < -0.4 is 10.5 Å². The molecule has 0 spiro atoms. The van der Waals surface area contributed by atoms with E-state index in [0.29, 0.717) is 5.57 Å². The van der Waals surface area contributed by atoms with Crippen molar-refractivity contribution in [2.45, 2.75) is 28.6 Å². The number of hydrogen-bond donors (Lipinski definition) is 3. The van der Waals surface area contributed by atoms with Crippen molar-refractivity contribution in [2.24, 2.45) is 5.14 Å². The number of carboxylic acids is 1. The average molecular weight is 588 g/mol. The summed E-state index contributed by atoms with van der Waals surface area (Å²) in [6.45, 7) is -0.117. The first-order chi connectivity index (χ1) is 15.8. The third kappa shape index (κ3) is 7.98. The van der Waals surface area contributed by atoms with Crippen molar-refractivity contribution < 1.29 is 41.1 Å². The van der Waals surface area contributed by atoms with Gasteiger partial charge in [0, 0.05) is 11.5 Å². The van der Waals surface area contributed by atoms with Crippen molar-refractivity contribution >= 4 is 92.6 Å². The average Bonchev–Trinajstić information content (AvgIpc) is 3.18. The molecule has 0 saturated carbocycles. The van der Waals surface area contributed by atoms with Gasteiger partial charge in [0.2, 0.25) is 21.1 Å². The Morgan fingerprint density at radius 1 is 1.34 bits per heavy atom. The van der Waals surface area contributed by atoms with E-state index in [4.69, 9.17) is 5.14 Å². The van der Waals surface area contributed by atoms with Crippen LogP contribution in [0.1, 0.15) is 0 Å². The third-order valence-corrected chi connectivity index (χ3v) is 8.26. The van der Waals surface area contributed by atoms with Crippen LogP contribution in [0.2, 0.25) is 0 Å². The number of carboxylic acid groups (broad SMARTS) is 1. The van der Waals surface area contributed by atoms with E-state index in [0.717, 1.165) is 28.4 Å². The molecular weight excluding hydrogens is 570 g/mol. The molecule has 2 aliphatic rings. The summed E-state index contributed by atoms with van der Waals surface area (Å²) in [5.74, 6) is -4.25. The van der Waals surface area contributed by atoms with Crippen LogP contribution in [-0.2, 0) is 31.0 Å². The van der Waals surface area contributed by atoms with E-state index in [9.17, 15) is 41.1 Å². The molecule has 35 heavy (non-hydrogen) atoms. The van der Waals surface area contributed by atoms with Crippen molar-refractivity contribution in [1.29, 1.82) is 0 Å². The molecule has 1 aromatic rings. The monoisotopic (exact) mass is 587 g/mol. The zero-order valence-electron chi connectivity index (χ0n) is 16.8. The van der Waals surface area contributed by atoms with Gasteiger partial charge in [0.05, 0.1) is 18.1 Å². The van der Waals surface area contributed by atoms with E-state index < -0.39 is 68.0 Å². The number of hydrogen-bond acceptors (Lipinski definition) is 11. The third-order valence-electron chi connectivity index (χ3n) is 4.40. The van der Waals surface area contributed by atoms with Crippen molar-refractivity contribution in [1.82, 2.24) is 30.4 Å². The Morgan fingerprint density at radius 3 is 2.63 bits per heavy atom. The van der Waals surface area contributed by atoms with Crippen molar-refractivity contribution in [3.05, 3.63) is 11.3 Å². The summed E-state index contributed by atoms with van der Waals surface area (Å²) in [5, 5.41) is 27.1. The molecule has 3 heterocycles. The number of nitrogens with one attached hydrogen (secondary N) is 1. The fourth-order valence-electron chi connectivity index (χ4n) is 2.96. The molecule has 1 unspecified atom stereocenters. The Labute approximate surface area is 230 Å². The molecule has 0 aliphatic carbocycles. The van der Waals surface area contributed by atoms with Crippen LogP contribution in [0.3, 0.4) is 0 Å². The van der Waals surface area contributed by atoms with Gasteiger partial charge in [-0.3, -0.25) is 14.5 Å². The number of thioether (sulfide) groups is 3. The molecule has 190 valence electrons. The first-order valence-corrected chi connectivity index (χ1v) is 13.8. The van der Waals surface area contributed by atoms with E-state index in [2.05, 4.69) is 20.8 Å². The summed E-state index contributed by atoms with van der Waals surface area (Å²) in [6.07, 6.45) is 0. The fraction of sp³-hybridized carbons (Fsp3) is 0.571. The van der Waals surface area contributed by atoms with E-state index in [1.54, 1.807) is 0 Å². The zero-order chi connectivity index (χ0) is 25.3. The summed E-state index contributed by atoms with van der Waals surface area (Å²) in [7, 11) is -3.76. The number of primary sulfonamides is 1. The van der Waals surface area contributed by atoms with Crippen LogP contribution in [0.15, 0.2) is 16.4 Å². The van der Waals surface area contributed by atoms with E-state index in [-0.39, 0.29) is 58.5 Å². The Kier molecular flexibility index (Phi) is 10.4. The second-order valence-electron chi connectivity index (χ2n) is 6.79. The Balaban J connectivity index is 0.00000432. The molecule has 4 N–H and O–H groups in total. The second-order valence-corrected chi connectivity index (χ2v) is 11.6. The van der Waals surface area contributed by atoms with Gasteiger partial charge in [0.25, 0.3) is 5.91 Å². The maximum absolute atomic E-state index is 12.5. The molecule has 3 rings (SSSR count). The molecule has 21 heteroatoms. The number of amides is 2. The number of aryl methyl sites for hydroxylation is 1. The van der Waals surface area contributed by atoms with Gasteiger partial charge in [-0.25, -0.2) is 23.0 Å². The number of nitrogens with two attached hydrogens (primary N) is 1. The number of carbonyl (C=O) groups excluding carboxylic acids is 2. The van der Waals surface area contributed by atoms with Gasteiger partial charge < -0.3 is 10.4 Å². The van der Waals surface area contributed by atoms with Gasteiger partial charge in [-0.05, 0) is 27.8 Å². The molecule has 2 amide bonds. The van der Waals surface area contributed by atoms with Gasteiger partial charge in [0.15, 0.2) is 0 Å². The molecule has 2 aliphatic heterocycles. The topological polar surface area (TPSA) is 190 Å². The quantitative estimate of drug-likeness (QED) is 0.162. The van der Waals surface area contributed by atoms with Crippen LogP contribution in [-0.4, -0.2) is 126 Å². The summed E-state index contributed by atoms with van der Waals surface area (Å²) in [6, 6.07) is -1.14. The Hall–Kier alpha value is -1.03. The summed E-state index contributed by atoms with van der Waals surface area (Å²) >= 11 is 1.63. The molecule has 1 aromatic heterocycles. The zero-order valence-corrected chi connectivity index (χ0v) is 20.0. The minimum atomic E-state index is -4.60. The number of aromatic nitrogens is 4. The number of carbonyl (C=O) groups is 3. The number of tetrazole rings is 1. The van der Waals surface area contributed by atoms with Gasteiger partial charge in [-0.2, -0.15) is 13.2 Å². The minimum absolute atomic E-state index is 0. The number of sulfonamides is 1. The predicted octanol–water partition coefficient (Wildman–Crippen LogP) is -1.60. The Morgan fingerprint density at radius 2 is 2.03 bits per heavy atom. The predicted molar refractivity (Wildman–Crippen MR) is 122 cm³/mol. The van der Waals surface area contributed by atoms with Gasteiger partial charge in [-0.1, -0.05) is 11.8 Å². The Bertz CT molecular complexity index is 1130. The first-order valence-electron chi connectivity index (χ1n) is 9.06. The molecule has 13 nitrogen and oxygen atoms in total. The van der Waals surface area contributed by atoms with Crippen molar-refractivity contribution in [3.8, 4) is 0 Å². The molecule has 2 atom stereocenters. The first kappa shape index (κ1) is 30.2. The van der Waals surface area contributed by atoms with Crippen LogP contribution in [0.4, 0.5) is 13.2 Å². The molecule has 0 bridgehead atoms. The van der Waals surface area contributed by atoms with E-state index in [1.807, 2.05) is 0 Å². The van der Waals surface area contributed by atoms with Crippen molar-refractivity contribution in [2.75, 3.05) is 23.0 Å². The maximum atomic E-state index is 12.5. The van der Waals surface area contributed by atoms with Crippen molar-refractivity contribution in [3.63, 3.8) is 0 Å².